The zero-order valence-corrected chi connectivity index (χ0v) is 49.6. The molecule has 6 amide bonds. The molecule has 3 aliphatic carbocycles. The number of hydrogen-bond donors (Lipinski definition) is 10. The summed E-state index contributed by atoms with van der Waals surface area (Å²) in [4.78, 5) is 80.7. The van der Waals surface area contributed by atoms with E-state index in [0.29, 0.717) is 24.6 Å². The van der Waals surface area contributed by atoms with Gasteiger partial charge < -0.3 is 95.1 Å². The second-order valence-electron chi connectivity index (χ2n) is 26.4. The lowest BCUT2D eigenvalue weighted by atomic mass is 9.77. The molecule has 3 fully saturated rings. The second kappa shape index (κ2) is 26.8. The summed E-state index contributed by atoms with van der Waals surface area (Å²) in [6.07, 6.45) is -11.1. The van der Waals surface area contributed by atoms with Gasteiger partial charge in [-0.15, -0.1) is 0 Å². The third-order valence-electron chi connectivity index (χ3n) is 12.9. The average molecular weight is 1130 g/mol. The maximum Gasteiger partial charge on any atom is 0.410 e. The van der Waals surface area contributed by atoms with Gasteiger partial charge in [0.25, 0.3) is 5.91 Å². The fourth-order valence-electron chi connectivity index (χ4n) is 9.41. The van der Waals surface area contributed by atoms with Crippen molar-refractivity contribution >= 4 is 36.4 Å². The van der Waals surface area contributed by atoms with Crippen molar-refractivity contribution in [3.05, 3.63) is 11.8 Å². The molecule has 13 atom stereocenters. The van der Waals surface area contributed by atoms with Gasteiger partial charge in [0.2, 0.25) is 6.29 Å². The molecule has 25 nitrogen and oxygen atoms in total. The summed E-state index contributed by atoms with van der Waals surface area (Å²) in [6.45, 7) is 26.8. The van der Waals surface area contributed by atoms with Gasteiger partial charge in [-0.05, 0) is 174 Å². The Morgan fingerprint density at radius 2 is 1.20 bits per heavy atom. The highest BCUT2D eigenvalue weighted by atomic mass is 16.7. The first-order valence-corrected chi connectivity index (χ1v) is 27.5. The van der Waals surface area contributed by atoms with Gasteiger partial charge in [0, 0.05) is 13.1 Å². The number of carbonyl (C=O) groups excluding carboxylic acids is 6. The molecule has 0 aromatic heterocycles. The van der Waals surface area contributed by atoms with E-state index in [0.717, 1.165) is 17.7 Å². The van der Waals surface area contributed by atoms with Crippen molar-refractivity contribution in [1.29, 1.82) is 0 Å². The molecule has 4 rings (SSSR count). The number of aliphatic hydroxyl groups is 4. The number of alkyl carbamates (subject to hydrolysis) is 4. The molecule has 0 bridgehead atoms. The van der Waals surface area contributed by atoms with E-state index in [4.69, 9.17) is 37.9 Å². The number of aliphatic hydroxyl groups excluding tert-OH is 3. The van der Waals surface area contributed by atoms with Crippen LogP contribution in [0.15, 0.2) is 11.8 Å². The number of carbonyl (C=O) groups is 6. The lowest BCUT2D eigenvalue weighted by Gasteiger charge is -2.51. The van der Waals surface area contributed by atoms with Crippen LogP contribution in [-0.4, -0.2) is 195 Å². The summed E-state index contributed by atoms with van der Waals surface area (Å²) in [5.74, 6) is -0.332. The van der Waals surface area contributed by atoms with Gasteiger partial charge in [-0.2, -0.15) is 0 Å². The number of rotatable bonds is 18. The Morgan fingerprint density at radius 1 is 0.696 bits per heavy atom. The van der Waals surface area contributed by atoms with Gasteiger partial charge in [0.15, 0.2) is 0 Å². The van der Waals surface area contributed by atoms with Gasteiger partial charge in [-0.25, -0.2) is 24.0 Å². The summed E-state index contributed by atoms with van der Waals surface area (Å²) >= 11 is 0. The highest BCUT2D eigenvalue weighted by Crippen LogP contribution is 2.38. The first-order chi connectivity index (χ1) is 36.1. The van der Waals surface area contributed by atoms with Gasteiger partial charge in [0.05, 0.1) is 49.0 Å². The predicted molar refractivity (Wildman–Crippen MR) is 287 cm³/mol. The summed E-state index contributed by atoms with van der Waals surface area (Å²) in [5, 5.41) is 64.6. The van der Waals surface area contributed by atoms with E-state index in [1.165, 1.54) is 14.0 Å². The Labute approximate surface area is 465 Å². The maximum absolute atomic E-state index is 13.9. The van der Waals surface area contributed by atoms with Crippen LogP contribution in [0.1, 0.15) is 156 Å². The summed E-state index contributed by atoms with van der Waals surface area (Å²) in [5.41, 5.74) is -6.08. The zero-order valence-electron chi connectivity index (χ0n) is 49.6. The fourth-order valence-corrected chi connectivity index (χ4v) is 9.41. The Bertz CT molecular complexity index is 2110. The number of hydrogen-bond acceptors (Lipinski definition) is 19. The van der Waals surface area contributed by atoms with E-state index in [-0.39, 0.29) is 38.3 Å². The highest BCUT2D eigenvalue weighted by Gasteiger charge is 2.54. The molecule has 0 radical (unpaired) electrons. The number of nitrogens with one attached hydrogen (secondary N) is 6. The minimum atomic E-state index is -1.88. The Morgan fingerprint density at radius 3 is 1.75 bits per heavy atom. The molecule has 1 unspecified atom stereocenters. The number of likely N-dealkylation sites (N-methyl/N-ethyl adjacent to an activating group) is 1. The molecule has 79 heavy (non-hydrogen) atoms. The van der Waals surface area contributed by atoms with Gasteiger partial charge in [0.1, 0.15) is 64.3 Å². The number of amides is 6. The molecular weight excluding hydrogens is 1030 g/mol. The van der Waals surface area contributed by atoms with Crippen LogP contribution in [0.5, 0.6) is 0 Å². The molecule has 0 aromatic carbocycles. The van der Waals surface area contributed by atoms with E-state index in [1.54, 1.807) is 110 Å². The fraction of sp³-hybridized carbons (Fsp3) is 0.852. The molecular formula is C54H95N7O18. The summed E-state index contributed by atoms with van der Waals surface area (Å²) in [7, 11) is 1.36. The Balaban J connectivity index is 1.72. The quantitative estimate of drug-likeness (QED) is 0.0682. The topological polar surface area (TPSA) is 333 Å². The summed E-state index contributed by atoms with van der Waals surface area (Å²) in [6, 6.07) is -5.00. The lowest BCUT2D eigenvalue weighted by Crippen LogP contribution is -2.70. The van der Waals surface area contributed by atoms with E-state index in [1.807, 2.05) is 0 Å². The van der Waals surface area contributed by atoms with Crippen LogP contribution < -0.4 is 31.9 Å². The average Bonchev–Trinajstić information content (AvgIpc) is 4.10. The van der Waals surface area contributed by atoms with Gasteiger partial charge in [-0.3, -0.25) is 4.79 Å². The molecule has 454 valence electrons. The molecule has 0 saturated heterocycles. The molecule has 4 aliphatic rings. The molecule has 1 heterocycles. The molecule has 1 aliphatic heterocycles. The van der Waals surface area contributed by atoms with E-state index >= 15 is 0 Å². The first-order valence-electron chi connectivity index (χ1n) is 27.5. The van der Waals surface area contributed by atoms with Crippen LogP contribution in [0.3, 0.4) is 0 Å². The minimum Gasteiger partial charge on any atom is -0.466 e. The number of ether oxygens (including phenoxy) is 8. The molecule has 0 spiro atoms. The van der Waals surface area contributed by atoms with Gasteiger partial charge in [-0.1, -0.05) is 0 Å². The van der Waals surface area contributed by atoms with Crippen molar-refractivity contribution in [1.82, 2.24) is 36.8 Å². The Kier molecular flexibility index (Phi) is 22.6. The first kappa shape index (κ1) is 66.6. The third-order valence-corrected chi connectivity index (χ3v) is 12.9. The van der Waals surface area contributed by atoms with Crippen LogP contribution >= 0.6 is 0 Å². The maximum atomic E-state index is 13.9. The smallest absolute Gasteiger partial charge is 0.410 e. The van der Waals surface area contributed by atoms with Crippen molar-refractivity contribution < 1.29 is 87.1 Å². The van der Waals surface area contributed by atoms with Crippen molar-refractivity contribution in [2.24, 2.45) is 5.92 Å². The van der Waals surface area contributed by atoms with Crippen LogP contribution in [0.4, 0.5) is 24.0 Å². The lowest BCUT2D eigenvalue weighted by molar-refractivity contribution is -0.246. The standard InChI is InChI=1S/C54H95N7O18/c1-49(2,3)75-44(66)56-28-35(62)42(65)57-33-26-34(60-47(69)78-52(10,11)12)40(38(64)39(33)73-36-22-24-54(16,71)41(37(36)63)61(17)48(70)79-53(13,14)15)74-43-32(59-46(68)77-51(7,8)9)21-20-30(72-43)27-55-25-23-31(29-18-19-29)58-45(67)76-50(4,5)6/h20,29,31-41,43,55,62-64,71H,18-19,21-28H2,1-17H3,(H,56,66)(H,57,65)(H,58,67)(H,59,68)(H,60,69)/t31?,32-,33-,34+,35+,36+,37+,38-,39+,40-,41-,43-,54+/m1/s1. The Hall–Kier alpha value is -4.92. The van der Waals surface area contributed by atoms with Gasteiger partial charge >= 0.3 is 30.5 Å². The van der Waals surface area contributed by atoms with Crippen molar-refractivity contribution in [2.75, 3.05) is 26.7 Å². The minimum absolute atomic E-state index is 0.0251. The number of nitrogens with zero attached hydrogens (tertiary/aromatic N) is 1. The van der Waals surface area contributed by atoms with Crippen molar-refractivity contribution in [3.63, 3.8) is 0 Å². The van der Waals surface area contributed by atoms with Crippen LogP contribution in [-0.2, 0) is 42.7 Å². The normalized spacial score (nSPS) is 28.5. The largest absolute Gasteiger partial charge is 0.466 e. The summed E-state index contributed by atoms with van der Waals surface area (Å²) < 4.78 is 47.4. The molecule has 25 heteroatoms. The molecule has 3 saturated carbocycles. The van der Waals surface area contributed by atoms with Crippen LogP contribution in [0.2, 0.25) is 0 Å². The second-order valence-corrected chi connectivity index (χ2v) is 26.4. The monoisotopic (exact) mass is 1130 g/mol. The van der Waals surface area contributed by atoms with Crippen LogP contribution in [0, 0.1) is 5.92 Å². The third kappa shape index (κ3) is 22.5. The van der Waals surface area contributed by atoms with Crippen molar-refractivity contribution in [2.45, 2.75) is 262 Å². The molecule has 10 N–H and O–H groups in total. The van der Waals surface area contributed by atoms with E-state index in [9.17, 15) is 49.2 Å². The SMILES string of the molecule is CN(C(=O)OC(C)(C)C)[C@@H]1[C@@H](O)[C@@H](O[C@@H]2[C@@H](O)[C@H](O[C@H]3OC(CNCCC(NC(=O)OC(C)(C)C)C4CC4)=CC[C@H]3NC(=O)OC(C)(C)C)[C@@H](NC(=O)OC(C)(C)C)C[C@H]2NC(=O)[C@@H](O)CNC(=O)OC(C)(C)C)CC[C@]1(C)O. The zero-order chi connectivity index (χ0) is 59.8. The highest BCUT2D eigenvalue weighted by molar-refractivity contribution is 5.82. The molecule has 0 aromatic rings. The van der Waals surface area contributed by atoms with Crippen molar-refractivity contribution in [3.8, 4) is 0 Å². The van der Waals surface area contributed by atoms with E-state index < -0.39 is 144 Å². The van der Waals surface area contributed by atoms with E-state index in [2.05, 4.69) is 31.9 Å². The predicted octanol–water partition coefficient (Wildman–Crippen LogP) is 4.10. The van der Waals surface area contributed by atoms with Crippen LogP contribution in [0.25, 0.3) is 0 Å².